The molecule has 0 aliphatic rings. The quantitative estimate of drug-likeness (QED) is 0.0199. The molecule has 0 saturated carbocycles. The molecule has 0 heterocycles. The van der Waals surface area contributed by atoms with Gasteiger partial charge in [0.2, 0.25) is 0 Å². The van der Waals surface area contributed by atoms with E-state index in [1.165, 1.54) is 38.5 Å². The Bertz CT molecular complexity index is 1390. The van der Waals surface area contributed by atoms with Crippen LogP contribution in [0.2, 0.25) is 0 Å². The minimum Gasteiger partial charge on any atom is -0.462 e. The Labute approximate surface area is 392 Å². The standard InChI is InChI=1S/C58H92O6/c1-4-7-10-13-16-19-22-25-27-28-29-30-31-34-36-39-42-45-48-51-57(60)63-54-55(53-62-56(59)50-47-44-41-38-35-32-24-21-18-15-12-9-6-3)64-58(61)52-49-46-43-40-37-33-26-23-20-17-14-11-8-5-2/h7-12,15-21,24-27,32-33,35,55H,4-6,13-14,22-23,28-31,34,36-54H2,1-3H3/b10-7+,11-8+,12-9+,18-15+,19-16+,20-17+,24-21+,27-25+,33-26+,35-32+. The van der Waals surface area contributed by atoms with Crippen LogP contribution in [0.1, 0.15) is 207 Å². The van der Waals surface area contributed by atoms with Crippen molar-refractivity contribution >= 4 is 17.9 Å². The van der Waals surface area contributed by atoms with E-state index in [4.69, 9.17) is 14.2 Å². The third-order valence-electron chi connectivity index (χ3n) is 10.3. The summed E-state index contributed by atoms with van der Waals surface area (Å²) in [5.74, 6) is -0.983. The molecule has 6 heteroatoms. The van der Waals surface area contributed by atoms with Crippen LogP contribution >= 0.6 is 0 Å². The highest BCUT2D eigenvalue weighted by Gasteiger charge is 2.19. The van der Waals surface area contributed by atoms with E-state index in [2.05, 4.69) is 106 Å². The summed E-state index contributed by atoms with van der Waals surface area (Å²) < 4.78 is 16.7. The number of hydrogen-bond donors (Lipinski definition) is 0. The molecule has 0 aliphatic heterocycles. The first-order valence-electron chi connectivity index (χ1n) is 25.6. The lowest BCUT2D eigenvalue weighted by molar-refractivity contribution is -0.167. The summed E-state index contributed by atoms with van der Waals surface area (Å²) >= 11 is 0. The average molecular weight is 885 g/mol. The first-order chi connectivity index (χ1) is 31.5. The van der Waals surface area contributed by atoms with E-state index in [1.54, 1.807) is 0 Å². The number of ether oxygens (including phenoxy) is 3. The number of allylic oxidation sites excluding steroid dienone is 20. The molecule has 0 aromatic rings. The molecule has 64 heavy (non-hydrogen) atoms. The normalized spacial score (nSPS) is 13.1. The molecule has 0 amide bonds. The molecule has 0 rings (SSSR count). The van der Waals surface area contributed by atoms with E-state index in [1.807, 2.05) is 36.5 Å². The molecule has 0 fully saturated rings. The van der Waals surface area contributed by atoms with Crippen LogP contribution in [0.15, 0.2) is 122 Å². The molecule has 6 nitrogen and oxygen atoms in total. The second-order valence-electron chi connectivity index (χ2n) is 16.4. The third-order valence-corrected chi connectivity index (χ3v) is 10.3. The van der Waals surface area contributed by atoms with Crippen molar-refractivity contribution in [3.05, 3.63) is 122 Å². The predicted molar refractivity (Wildman–Crippen MR) is 274 cm³/mol. The van der Waals surface area contributed by atoms with Crippen molar-refractivity contribution < 1.29 is 28.6 Å². The van der Waals surface area contributed by atoms with Crippen molar-refractivity contribution in [1.29, 1.82) is 0 Å². The van der Waals surface area contributed by atoms with E-state index in [-0.39, 0.29) is 37.5 Å². The van der Waals surface area contributed by atoms with E-state index in [0.29, 0.717) is 12.8 Å². The van der Waals surface area contributed by atoms with Gasteiger partial charge in [0, 0.05) is 19.3 Å². The van der Waals surface area contributed by atoms with Gasteiger partial charge in [0.1, 0.15) is 13.2 Å². The van der Waals surface area contributed by atoms with Gasteiger partial charge in [-0.2, -0.15) is 0 Å². The topological polar surface area (TPSA) is 78.9 Å². The van der Waals surface area contributed by atoms with Crippen molar-refractivity contribution in [2.75, 3.05) is 13.2 Å². The molecule has 0 aromatic heterocycles. The average Bonchev–Trinajstić information content (AvgIpc) is 3.29. The fourth-order valence-electron chi connectivity index (χ4n) is 6.54. The smallest absolute Gasteiger partial charge is 0.306 e. The number of carbonyl (C=O) groups excluding carboxylic acids is 3. The van der Waals surface area contributed by atoms with Crippen LogP contribution < -0.4 is 0 Å². The SMILES string of the molecule is CC/C=C/C=C/C=C/C=C/CCCCCC(=O)OCC(COC(=O)CCCCCCCCCCC/C=C/C/C=C/C/C=C/CC)OC(=O)CCCCCC/C=C/C/C=C/C/C=C/CC. The lowest BCUT2D eigenvalue weighted by Crippen LogP contribution is -2.30. The van der Waals surface area contributed by atoms with Gasteiger partial charge >= 0.3 is 17.9 Å². The summed E-state index contributed by atoms with van der Waals surface area (Å²) in [6, 6.07) is 0. The van der Waals surface area contributed by atoms with Gasteiger partial charge in [-0.15, -0.1) is 0 Å². The number of esters is 3. The van der Waals surface area contributed by atoms with Crippen molar-refractivity contribution in [3.63, 3.8) is 0 Å². The van der Waals surface area contributed by atoms with Crippen molar-refractivity contribution in [2.24, 2.45) is 0 Å². The maximum atomic E-state index is 12.8. The Morgan fingerprint density at radius 2 is 0.641 bits per heavy atom. The molecule has 1 unspecified atom stereocenters. The van der Waals surface area contributed by atoms with Gasteiger partial charge in [-0.1, -0.05) is 206 Å². The van der Waals surface area contributed by atoms with Gasteiger partial charge in [-0.25, -0.2) is 0 Å². The maximum absolute atomic E-state index is 12.8. The molecule has 0 spiro atoms. The zero-order chi connectivity index (χ0) is 46.5. The number of carbonyl (C=O) groups is 3. The fraction of sp³-hybridized carbons (Fsp3) is 0.603. The summed E-state index contributed by atoms with van der Waals surface area (Å²) in [6.45, 7) is 6.20. The molecule has 1 atom stereocenters. The van der Waals surface area contributed by atoms with E-state index < -0.39 is 6.10 Å². The second kappa shape index (κ2) is 51.4. The summed E-state index contributed by atoms with van der Waals surface area (Å²) in [5, 5.41) is 0. The molecule has 0 radical (unpaired) electrons. The Balaban J connectivity index is 4.46. The van der Waals surface area contributed by atoms with Crippen LogP contribution in [0.5, 0.6) is 0 Å². The van der Waals surface area contributed by atoms with Crippen LogP contribution in [-0.2, 0) is 28.6 Å². The van der Waals surface area contributed by atoms with Gasteiger partial charge in [0.15, 0.2) is 6.10 Å². The van der Waals surface area contributed by atoms with Gasteiger partial charge in [0.25, 0.3) is 0 Å². The summed E-state index contributed by atoms with van der Waals surface area (Å²) in [5.41, 5.74) is 0. The maximum Gasteiger partial charge on any atom is 0.306 e. The first kappa shape index (κ1) is 59.8. The second-order valence-corrected chi connectivity index (χ2v) is 16.4. The molecule has 360 valence electrons. The molecule has 0 aliphatic carbocycles. The Kier molecular flexibility index (Phi) is 48.1. The minimum atomic E-state index is -0.811. The van der Waals surface area contributed by atoms with Crippen molar-refractivity contribution in [3.8, 4) is 0 Å². The molecule has 0 saturated heterocycles. The van der Waals surface area contributed by atoms with Gasteiger partial charge < -0.3 is 14.2 Å². The van der Waals surface area contributed by atoms with Gasteiger partial charge in [-0.05, 0) is 103 Å². The van der Waals surface area contributed by atoms with Crippen LogP contribution in [-0.4, -0.2) is 37.2 Å². The van der Waals surface area contributed by atoms with Crippen LogP contribution in [0.4, 0.5) is 0 Å². The summed E-state index contributed by atoms with van der Waals surface area (Å²) in [4.78, 5) is 38.0. The monoisotopic (exact) mass is 885 g/mol. The Morgan fingerprint density at radius 3 is 1.08 bits per heavy atom. The largest absolute Gasteiger partial charge is 0.462 e. The third kappa shape index (κ3) is 48.8. The number of unbranched alkanes of at least 4 members (excludes halogenated alkanes) is 16. The molecule has 0 bridgehead atoms. The highest BCUT2D eigenvalue weighted by Crippen LogP contribution is 2.14. The van der Waals surface area contributed by atoms with Gasteiger partial charge in [0.05, 0.1) is 0 Å². The van der Waals surface area contributed by atoms with Crippen LogP contribution in [0.25, 0.3) is 0 Å². The van der Waals surface area contributed by atoms with Crippen molar-refractivity contribution in [2.45, 2.75) is 213 Å². The molecular weight excluding hydrogens is 793 g/mol. The summed E-state index contributed by atoms with van der Waals surface area (Å²) in [6.07, 6.45) is 70.4. The Hall–Kier alpha value is -4.19. The van der Waals surface area contributed by atoms with Crippen LogP contribution in [0.3, 0.4) is 0 Å². The minimum absolute atomic E-state index is 0.107. The molecule has 0 N–H and O–H groups in total. The predicted octanol–water partition coefficient (Wildman–Crippen LogP) is 16.9. The van der Waals surface area contributed by atoms with E-state index in [9.17, 15) is 14.4 Å². The lowest BCUT2D eigenvalue weighted by Gasteiger charge is -2.18. The van der Waals surface area contributed by atoms with Crippen molar-refractivity contribution in [1.82, 2.24) is 0 Å². The highest BCUT2D eigenvalue weighted by atomic mass is 16.6. The highest BCUT2D eigenvalue weighted by molar-refractivity contribution is 5.71. The molecular formula is C58H92O6. The first-order valence-corrected chi connectivity index (χ1v) is 25.6. The Morgan fingerprint density at radius 1 is 0.328 bits per heavy atom. The lowest BCUT2D eigenvalue weighted by atomic mass is 10.1. The zero-order valence-corrected chi connectivity index (χ0v) is 41.0. The van der Waals surface area contributed by atoms with Crippen LogP contribution in [0, 0.1) is 0 Å². The van der Waals surface area contributed by atoms with Gasteiger partial charge in [-0.3, -0.25) is 14.4 Å². The number of rotatable bonds is 44. The summed E-state index contributed by atoms with van der Waals surface area (Å²) in [7, 11) is 0. The molecule has 0 aromatic carbocycles. The fourth-order valence-corrected chi connectivity index (χ4v) is 6.54. The number of hydrogen-bond acceptors (Lipinski definition) is 6. The zero-order valence-electron chi connectivity index (χ0n) is 41.0. The van der Waals surface area contributed by atoms with E-state index >= 15 is 0 Å². The van der Waals surface area contributed by atoms with E-state index in [0.717, 1.165) is 128 Å².